The Balaban J connectivity index is 1.11. The lowest BCUT2D eigenvalue weighted by Crippen LogP contribution is -2.36. The highest BCUT2D eigenvalue weighted by Gasteiger charge is 2.30. The van der Waals surface area contributed by atoms with Crippen molar-refractivity contribution in [1.29, 1.82) is 0 Å². The summed E-state index contributed by atoms with van der Waals surface area (Å²) in [6, 6.07) is 14.2. The molecule has 0 bridgehead atoms. The minimum absolute atomic E-state index is 0.239. The Morgan fingerprint density at radius 3 is 2.85 bits per heavy atom. The van der Waals surface area contributed by atoms with Crippen molar-refractivity contribution in [2.45, 2.75) is 38.3 Å². The van der Waals surface area contributed by atoms with Crippen LogP contribution in [-0.4, -0.2) is 41.7 Å². The summed E-state index contributed by atoms with van der Waals surface area (Å²) in [5.74, 6) is 1.68. The number of nitrogens with zero attached hydrogens (tertiary/aromatic N) is 2. The van der Waals surface area contributed by atoms with E-state index in [0.717, 1.165) is 59.9 Å². The number of hydrogen-bond donors (Lipinski definition) is 1. The molecule has 0 spiro atoms. The van der Waals surface area contributed by atoms with Gasteiger partial charge in [0.25, 0.3) is 0 Å². The molecule has 1 atom stereocenters. The largest absolute Gasteiger partial charge is 0.454 e. The SMILES string of the molecule is O=C1CC[C@H](CCNCc2cc3c(cc2Cl)OCO3)N1CCc1nc(-c2ccccc2)cs1. The molecule has 8 heteroatoms. The molecular weight excluding hydrogens is 458 g/mol. The maximum absolute atomic E-state index is 12.5. The molecule has 1 saturated heterocycles. The molecule has 6 nitrogen and oxygen atoms in total. The highest BCUT2D eigenvalue weighted by Crippen LogP contribution is 2.36. The van der Waals surface area contributed by atoms with E-state index in [2.05, 4.69) is 22.8 Å². The standard InChI is InChI=1S/C25H26ClN3O3S/c26-20-13-23-22(31-16-32-23)12-18(20)14-27-10-8-19-6-7-25(30)29(19)11-9-24-28-21(15-33-24)17-4-2-1-3-5-17/h1-5,12-13,15,19,27H,6-11,14,16H2/t19-/m1/s1. The molecular formula is C25H26ClN3O3S. The average molecular weight is 484 g/mol. The molecule has 3 heterocycles. The molecule has 2 aromatic carbocycles. The van der Waals surface area contributed by atoms with Crippen LogP contribution in [-0.2, 0) is 17.8 Å². The molecule has 0 aliphatic carbocycles. The number of fused-ring (bicyclic) bond motifs is 1. The molecule has 172 valence electrons. The summed E-state index contributed by atoms with van der Waals surface area (Å²) in [5.41, 5.74) is 3.12. The third-order valence-corrected chi connectivity index (χ3v) is 7.41. The van der Waals surface area contributed by atoms with Crippen LogP contribution >= 0.6 is 22.9 Å². The van der Waals surface area contributed by atoms with Gasteiger partial charge < -0.3 is 19.7 Å². The van der Waals surface area contributed by atoms with E-state index in [1.807, 2.05) is 29.2 Å². The zero-order chi connectivity index (χ0) is 22.6. The van der Waals surface area contributed by atoms with Crippen LogP contribution in [0.5, 0.6) is 11.5 Å². The van der Waals surface area contributed by atoms with E-state index in [4.69, 9.17) is 26.1 Å². The first-order valence-corrected chi connectivity index (χ1v) is 12.5. The summed E-state index contributed by atoms with van der Waals surface area (Å²) in [6.07, 6.45) is 3.26. The predicted molar refractivity (Wildman–Crippen MR) is 130 cm³/mol. The van der Waals surface area contributed by atoms with Crippen molar-refractivity contribution in [3.8, 4) is 22.8 Å². The van der Waals surface area contributed by atoms with Crippen LogP contribution in [0.4, 0.5) is 0 Å². The predicted octanol–water partition coefficient (Wildman–Crippen LogP) is 4.91. The monoisotopic (exact) mass is 483 g/mol. The summed E-state index contributed by atoms with van der Waals surface area (Å²) in [4.78, 5) is 19.3. The van der Waals surface area contributed by atoms with E-state index in [0.29, 0.717) is 23.7 Å². The molecule has 0 radical (unpaired) electrons. The van der Waals surface area contributed by atoms with E-state index in [-0.39, 0.29) is 18.7 Å². The lowest BCUT2D eigenvalue weighted by molar-refractivity contribution is -0.129. The number of ether oxygens (including phenoxy) is 2. The van der Waals surface area contributed by atoms with E-state index in [1.165, 1.54) is 0 Å². The Bertz CT molecular complexity index is 1120. The zero-order valence-corrected chi connectivity index (χ0v) is 19.8. The van der Waals surface area contributed by atoms with Gasteiger partial charge in [-0.3, -0.25) is 4.79 Å². The van der Waals surface area contributed by atoms with Gasteiger partial charge in [0.1, 0.15) is 0 Å². The van der Waals surface area contributed by atoms with Gasteiger partial charge in [-0.05, 0) is 31.0 Å². The number of benzene rings is 2. The van der Waals surface area contributed by atoms with Crippen molar-refractivity contribution in [1.82, 2.24) is 15.2 Å². The van der Waals surface area contributed by atoms with E-state index in [9.17, 15) is 4.79 Å². The van der Waals surface area contributed by atoms with Crippen molar-refractivity contribution in [3.63, 3.8) is 0 Å². The van der Waals surface area contributed by atoms with Crippen LogP contribution in [0.1, 0.15) is 29.8 Å². The number of hydrogen-bond acceptors (Lipinski definition) is 6. The van der Waals surface area contributed by atoms with Crippen molar-refractivity contribution in [2.75, 3.05) is 19.9 Å². The van der Waals surface area contributed by atoms with Gasteiger partial charge in [-0.1, -0.05) is 41.9 Å². The molecule has 1 fully saturated rings. The summed E-state index contributed by atoms with van der Waals surface area (Å²) in [7, 11) is 0. The summed E-state index contributed by atoms with van der Waals surface area (Å²) >= 11 is 8.03. The highest BCUT2D eigenvalue weighted by molar-refractivity contribution is 7.09. The fourth-order valence-electron chi connectivity index (χ4n) is 4.37. The Morgan fingerprint density at radius 2 is 2.00 bits per heavy atom. The summed E-state index contributed by atoms with van der Waals surface area (Å²) in [5, 5.41) is 7.30. The second kappa shape index (κ2) is 10.1. The Kier molecular flexibility index (Phi) is 6.80. The molecule has 0 unspecified atom stereocenters. The fourth-order valence-corrected chi connectivity index (χ4v) is 5.39. The number of halogens is 1. The second-order valence-electron chi connectivity index (χ2n) is 8.28. The summed E-state index contributed by atoms with van der Waals surface area (Å²) < 4.78 is 10.8. The van der Waals surface area contributed by atoms with Crippen LogP contribution in [0.3, 0.4) is 0 Å². The summed E-state index contributed by atoms with van der Waals surface area (Å²) in [6.45, 7) is 2.42. The third kappa shape index (κ3) is 5.16. The van der Waals surface area contributed by atoms with Gasteiger partial charge in [-0.2, -0.15) is 0 Å². The van der Waals surface area contributed by atoms with Gasteiger partial charge in [-0.25, -0.2) is 4.98 Å². The first-order chi connectivity index (χ1) is 16.2. The van der Waals surface area contributed by atoms with E-state index in [1.54, 1.807) is 17.4 Å². The first-order valence-electron chi connectivity index (χ1n) is 11.3. The van der Waals surface area contributed by atoms with Crippen molar-refractivity contribution < 1.29 is 14.3 Å². The van der Waals surface area contributed by atoms with Gasteiger partial charge in [0, 0.05) is 54.0 Å². The lowest BCUT2D eigenvalue weighted by atomic mass is 10.1. The van der Waals surface area contributed by atoms with Crippen LogP contribution in [0.15, 0.2) is 47.8 Å². The molecule has 1 aromatic heterocycles. The molecule has 2 aliphatic rings. The molecule has 2 aliphatic heterocycles. The van der Waals surface area contributed by atoms with Gasteiger partial charge in [0.05, 0.1) is 10.7 Å². The number of carbonyl (C=O) groups is 1. The van der Waals surface area contributed by atoms with Gasteiger partial charge in [0.2, 0.25) is 12.7 Å². The number of thiazole rings is 1. The molecule has 3 aromatic rings. The smallest absolute Gasteiger partial charge is 0.231 e. The number of amides is 1. The van der Waals surface area contributed by atoms with E-state index >= 15 is 0 Å². The van der Waals surface area contributed by atoms with Crippen LogP contribution in [0.2, 0.25) is 5.02 Å². The molecule has 5 rings (SSSR count). The number of carbonyl (C=O) groups excluding carboxylic acids is 1. The third-order valence-electron chi connectivity index (χ3n) is 6.15. The molecule has 1 amide bonds. The Labute approximate surface area is 202 Å². The Hall–Kier alpha value is -2.61. The topological polar surface area (TPSA) is 63.7 Å². The van der Waals surface area contributed by atoms with Crippen LogP contribution in [0, 0.1) is 0 Å². The number of likely N-dealkylation sites (tertiary alicyclic amines) is 1. The van der Waals surface area contributed by atoms with Gasteiger partial charge in [-0.15, -0.1) is 11.3 Å². The lowest BCUT2D eigenvalue weighted by Gasteiger charge is -2.24. The van der Waals surface area contributed by atoms with Crippen molar-refractivity contribution >= 4 is 28.8 Å². The van der Waals surface area contributed by atoms with Crippen molar-refractivity contribution in [3.05, 3.63) is 63.4 Å². The average Bonchev–Trinajstić information content (AvgIpc) is 3.56. The normalized spacial score (nSPS) is 17.2. The van der Waals surface area contributed by atoms with Crippen molar-refractivity contribution in [2.24, 2.45) is 0 Å². The number of rotatable bonds is 9. The molecule has 1 N–H and O–H groups in total. The minimum atomic E-state index is 0.239. The zero-order valence-electron chi connectivity index (χ0n) is 18.3. The number of nitrogens with one attached hydrogen (secondary N) is 1. The molecule has 33 heavy (non-hydrogen) atoms. The molecule has 0 saturated carbocycles. The quantitative estimate of drug-likeness (QED) is 0.438. The maximum Gasteiger partial charge on any atom is 0.231 e. The van der Waals surface area contributed by atoms with E-state index < -0.39 is 0 Å². The maximum atomic E-state index is 12.5. The highest BCUT2D eigenvalue weighted by atomic mass is 35.5. The van der Waals surface area contributed by atoms with Crippen LogP contribution in [0.25, 0.3) is 11.3 Å². The van der Waals surface area contributed by atoms with Gasteiger partial charge in [0.15, 0.2) is 11.5 Å². The second-order valence-corrected chi connectivity index (χ2v) is 9.63. The number of aromatic nitrogens is 1. The first kappa shape index (κ1) is 22.2. The Morgan fingerprint density at radius 1 is 1.18 bits per heavy atom. The van der Waals surface area contributed by atoms with Crippen LogP contribution < -0.4 is 14.8 Å². The van der Waals surface area contributed by atoms with Gasteiger partial charge >= 0.3 is 0 Å². The minimum Gasteiger partial charge on any atom is -0.454 e. The fraction of sp³-hybridized carbons (Fsp3) is 0.360.